The third-order valence-corrected chi connectivity index (χ3v) is 2.32. The van der Waals surface area contributed by atoms with Crippen LogP contribution in [0.4, 0.5) is 6.01 Å². The standard InChI is InChI=1S/C10H12N2O4/c11-10-12-6-3-5(1-2-8(6)16-10)9(15)7(14)4-13/h1-3,7,9,13-15H,4H2,(H2,11,12). The van der Waals surface area contributed by atoms with Gasteiger partial charge in [0.25, 0.3) is 6.01 Å². The average Bonchev–Trinajstić information content (AvgIpc) is 2.65. The van der Waals surface area contributed by atoms with E-state index in [1.165, 1.54) is 0 Å². The number of aliphatic hydroxyl groups is 3. The SMILES string of the molecule is Nc1nc2cc(C(O)C(O)CO)ccc2o1. The van der Waals surface area contributed by atoms with Gasteiger partial charge in [-0.1, -0.05) is 6.07 Å². The van der Waals surface area contributed by atoms with E-state index in [1.54, 1.807) is 18.2 Å². The fourth-order valence-electron chi connectivity index (χ4n) is 1.47. The molecule has 86 valence electrons. The van der Waals surface area contributed by atoms with Crippen molar-refractivity contribution in [1.82, 2.24) is 4.98 Å². The third-order valence-electron chi connectivity index (χ3n) is 2.32. The normalized spacial score (nSPS) is 15.2. The molecule has 6 heteroatoms. The number of hydrogen-bond acceptors (Lipinski definition) is 6. The highest BCUT2D eigenvalue weighted by Gasteiger charge is 2.18. The molecule has 0 aliphatic carbocycles. The molecule has 2 unspecified atom stereocenters. The Labute approximate surface area is 90.9 Å². The van der Waals surface area contributed by atoms with Crippen molar-refractivity contribution >= 4 is 17.1 Å². The molecule has 1 heterocycles. The van der Waals surface area contributed by atoms with Crippen LogP contribution in [0, 0.1) is 0 Å². The zero-order chi connectivity index (χ0) is 11.7. The van der Waals surface area contributed by atoms with Crippen molar-refractivity contribution in [2.24, 2.45) is 0 Å². The number of anilines is 1. The Hall–Kier alpha value is -1.63. The molecule has 0 amide bonds. The van der Waals surface area contributed by atoms with Crippen LogP contribution in [0.1, 0.15) is 11.7 Å². The van der Waals surface area contributed by atoms with Crippen LogP contribution in [0.25, 0.3) is 11.1 Å². The molecule has 2 atom stereocenters. The minimum atomic E-state index is -1.22. The van der Waals surface area contributed by atoms with Gasteiger partial charge in [0.1, 0.15) is 17.7 Å². The minimum absolute atomic E-state index is 0.0457. The maximum Gasteiger partial charge on any atom is 0.292 e. The van der Waals surface area contributed by atoms with Gasteiger partial charge in [0.15, 0.2) is 5.58 Å². The molecular formula is C10H12N2O4. The lowest BCUT2D eigenvalue weighted by molar-refractivity contribution is -0.0152. The number of oxazole rings is 1. The molecule has 5 N–H and O–H groups in total. The fraction of sp³-hybridized carbons (Fsp3) is 0.300. The van der Waals surface area contributed by atoms with E-state index >= 15 is 0 Å². The van der Waals surface area contributed by atoms with Gasteiger partial charge in [-0.05, 0) is 17.7 Å². The molecule has 0 saturated heterocycles. The molecule has 0 radical (unpaired) electrons. The molecule has 6 nitrogen and oxygen atoms in total. The molecule has 0 aliphatic rings. The molecule has 2 rings (SSSR count). The lowest BCUT2D eigenvalue weighted by atomic mass is 10.0. The smallest absolute Gasteiger partial charge is 0.292 e. The van der Waals surface area contributed by atoms with Crippen LogP contribution in [0.2, 0.25) is 0 Å². The monoisotopic (exact) mass is 224 g/mol. The summed E-state index contributed by atoms with van der Waals surface area (Å²) in [4.78, 5) is 3.90. The van der Waals surface area contributed by atoms with Crippen molar-refractivity contribution in [1.29, 1.82) is 0 Å². The number of nitrogens with two attached hydrogens (primary N) is 1. The quantitative estimate of drug-likeness (QED) is 0.574. The molecule has 0 saturated carbocycles. The van der Waals surface area contributed by atoms with E-state index in [2.05, 4.69) is 4.98 Å². The van der Waals surface area contributed by atoms with E-state index in [9.17, 15) is 10.2 Å². The van der Waals surface area contributed by atoms with Crippen molar-refractivity contribution in [2.45, 2.75) is 12.2 Å². The van der Waals surface area contributed by atoms with E-state index in [0.717, 1.165) is 0 Å². The van der Waals surface area contributed by atoms with Gasteiger partial charge in [0.05, 0.1) is 6.61 Å². The van der Waals surface area contributed by atoms with Crippen molar-refractivity contribution in [3.05, 3.63) is 23.8 Å². The second-order valence-corrected chi connectivity index (χ2v) is 3.47. The number of fused-ring (bicyclic) bond motifs is 1. The Balaban J connectivity index is 2.38. The number of nitrogens with zero attached hydrogens (tertiary/aromatic N) is 1. The van der Waals surface area contributed by atoms with E-state index < -0.39 is 18.8 Å². The summed E-state index contributed by atoms with van der Waals surface area (Å²) in [5.74, 6) is 0. The van der Waals surface area contributed by atoms with Gasteiger partial charge < -0.3 is 25.5 Å². The summed E-state index contributed by atoms with van der Waals surface area (Å²) >= 11 is 0. The summed E-state index contributed by atoms with van der Waals surface area (Å²) in [6, 6.07) is 4.78. The first-order chi connectivity index (χ1) is 7.61. The van der Waals surface area contributed by atoms with Crippen LogP contribution in [0.5, 0.6) is 0 Å². The Morgan fingerprint density at radius 2 is 2.12 bits per heavy atom. The molecular weight excluding hydrogens is 212 g/mol. The molecule has 16 heavy (non-hydrogen) atoms. The molecule has 2 aromatic rings. The zero-order valence-electron chi connectivity index (χ0n) is 8.37. The van der Waals surface area contributed by atoms with Gasteiger partial charge >= 0.3 is 0 Å². The number of rotatable bonds is 3. The van der Waals surface area contributed by atoms with Crippen LogP contribution in [0.3, 0.4) is 0 Å². The fourth-order valence-corrected chi connectivity index (χ4v) is 1.47. The second kappa shape index (κ2) is 4.09. The first-order valence-corrected chi connectivity index (χ1v) is 4.75. The second-order valence-electron chi connectivity index (χ2n) is 3.47. The highest BCUT2D eigenvalue weighted by Crippen LogP contribution is 2.23. The van der Waals surface area contributed by atoms with Gasteiger partial charge in [-0.25, -0.2) is 0 Å². The molecule has 0 fully saturated rings. The van der Waals surface area contributed by atoms with Gasteiger partial charge in [-0.3, -0.25) is 0 Å². The zero-order valence-corrected chi connectivity index (χ0v) is 8.37. The van der Waals surface area contributed by atoms with Crippen LogP contribution in [-0.4, -0.2) is 33.0 Å². The average molecular weight is 224 g/mol. The molecule has 1 aromatic heterocycles. The number of aromatic nitrogens is 1. The number of hydrogen-bond donors (Lipinski definition) is 4. The van der Waals surface area contributed by atoms with Gasteiger partial charge in [0, 0.05) is 0 Å². The maximum absolute atomic E-state index is 9.66. The van der Waals surface area contributed by atoms with Gasteiger partial charge in [-0.2, -0.15) is 4.98 Å². The summed E-state index contributed by atoms with van der Waals surface area (Å²) in [6.45, 7) is -0.514. The number of nitrogen functional groups attached to an aromatic ring is 1. The predicted octanol–water partition coefficient (Wildman–Crippen LogP) is -0.203. The maximum atomic E-state index is 9.66. The molecule has 0 aliphatic heterocycles. The molecule has 0 spiro atoms. The van der Waals surface area contributed by atoms with Crippen molar-refractivity contribution in [3.63, 3.8) is 0 Å². The Kier molecular flexibility index (Phi) is 2.78. The number of aliphatic hydroxyl groups excluding tert-OH is 3. The topological polar surface area (TPSA) is 113 Å². The molecule has 0 bridgehead atoms. The van der Waals surface area contributed by atoms with Crippen LogP contribution in [0.15, 0.2) is 22.6 Å². The van der Waals surface area contributed by atoms with Gasteiger partial charge in [0.2, 0.25) is 0 Å². The van der Waals surface area contributed by atoms with Crippen molar-refractivity contribution < 1.29 is 19.7 Å². The Morgan fingerprint density at radius 1 is 1.38 bits per heavy atom. The third kappa shape index (κ3) is 1.85. The Bertz CT molecular complexity index is 497. The minimum Gasteiger partial charge on any atom is -0.424 e. The first kappa shape index (κ1) is 10.9. The van der Waals surface area contributed by atoms with E-state index in [4.69, 9.17) is 15.3 Å². The van der Waals surface area contributed by atoms with E-state index in [-0.39, 0.29) is 6.01 Å². The van der Waals surface area contributed by atoms with Gasteiger partial charge in [-0.15, -0.1) is 0 Å². The van der Waals surface area contributed by atoms with Crippen molar-refractivity contribution in [3.8, 4) is 0 Å². The highest BCUT2D eigenvalue weighted by molar-refractivity contribution is 5.75. The summed E-state index contributed by atoms with van der Waals surface area (Å²) < 4.78 is 5.06. The van der Waals surface area contributed by atoms with Crippen LogP contribution < -0.4 is 5.73 Å². The largest absolute Gasteiger partial charge is 0.424 e. The Morgan fingerprint density at radius 3 is 2.81 bits per heavy atom. The summed E-state index contributed by atoms with van der Waals surface area (Å²) in [5, 5.41) is 27.7. The number of benzene rings is 1. The lowest BCUT2D eigenvalue weighted by Gasteiger charge is -2.15. The van der Waals surface area contributed by atoms with E-state index in [0.29, 0.717) is 16.7 Å². The first-order valence-electron chi connectivity index (χ1n) is 4.75. The summed E-state index contributed by atoms with van der Waals surface area (Å²) in [6.07, 6.45) is -2.38. The molecule has 1 aromatic carbocycles. The highest BCUT2D eigenvalue weighted by atomic mass is 16.4. The lowest BCUT2D eigenvalue weighted by Crippen LogP contribution is -2.21. The summed E-state index contributed by atoms with van der Waals surface area (Å²) in [7, 11) is 0. The van der Waals surface area contributed by atoms with Crippen molar-refractivity contribution in [2.75, 3.05) is 12.3 Å². The van der Waals surface area contributed by atoms with Crippen LogP contribution >= 0.6 is 0 Å². The summed E-state index contributed by atoms with van der Waals surface area (Å²) in [5.41, 5.74) is 6.83. The van der Waals surface area contributed by atoms with Crippen LogP contribution in [-0.2, 0) is 0 Å². The predicted molar refractivity (Wildman–Crippen MR) is 56.5 cm³/mol. The van der Waals surface area contributed by atoms with E-state index in [1.807, 2.05) is 0 Å².